The predicted octanol–water partition coefficient (Wildman–Crippen LogP) is 1.50. The number of carbonyl (C=O) groups is 3. The van der Waals surface area contributed by atoms with Crippen LogP contribution in [0.5, 0.6) is 11.5 Å². The number of esters is 1. The van der Waals surface area contributed by atoms with Gasteiger partial charge in [0.05, 0.1) is 37.0 Å². The van der Waals surface area contributed by atoms with E-state index in [-0.39, 0.29) is 30.5 Å². The van der Waals surface area contributed by atoms with Crippen molar-refractivity contribution in [2.45, 2.75) is 31.5 Å². The first-order chi connectivity index (χ1) is 16.0. The summed E-state index contributed by atoms with van der Waals surface area (Å²) in [7, 11) is 0. The van der Waals surface area contributed by atoms with Crippen molar-refractivity contribution in [3.8, 4) is 11.5 Å². The molecule has 4 atom stereocenters. The van der Waals surface area contributed by atoms with E-state index in [0.29, 0.717) is 56.3 Å². The van der Waals surface area contributed by atoms with E-state index >= 15 is 0 Å². The van der Waals surface area contributed by atoms with Gasteiger partial charge in [0, 0.05) is 24.8 Å². The molecular weight excluding hydrogens is 428 g/mol. The standard InChI is InChI=1S/C24H26N2O7/c1-2-30-23(29)14-6-9-25(10-7-14)21(27)19-17-5-8-24(33-17)12-26(22(28)20(19)24)15-3-4-16-18(11-15)32-13-31-16/h3-5,8,11,14,17,19-20H,2,6-7,9-10,12-13H2,1H3/t17-,19+,20-,24+/m1/s1. The lowest BCUT2D eigenvalue weighted by atomic mass is 9.76. The van der Waals surface area contributed by atoms with E-state index < -0.39 is 23.5 Å². The summed E-state index contributed by atoms with van der Waals surface area (Å²) in [4.78, 5) is 42.7. The van der Waals surface area contributed by atoms with Gasteiger partial charge in [0.2, 0.25) is 18.6 Å². The summed E-state index contributed by atoms with van der Waals surface area (Å²) in [5.74, 6) is -0.409. The topological polar surface area (TPSA) is 94.6 Å². The molecule has 2 amide bonds. The number of carbonyl (C=O) groups excluding carboxylic acids is 3. The van der Waals surface area contributed by atoms with E-state index in [4.69, 9.17) is 18.9 Å². The molecule has 9 nitrogen and oxygen atoms in total. The van der Waals surface area contributed by atoms with Gasteiger partial charge in [-0.1, -0.05) is 12.2 Å². The highest BCUT2D eigenvalue weighted by Gasteiger charge is 2.67. The van der Waals surface area contributed by atoms with Crippen molar-refractivity contribution in [1.29, 1.82) is 0 Å². The van der Waals surface area contributed by atoms with Crippen molar-refractivity contribution in [3.05, 3.63) is 30.4 Å². The number of hydrogen-bond donors (Lipinski definition) is 0. The minimum absolute atomic E-state index is 0.0700. The van der Waals surface area contributed by atoms with Crippen molar-refractivity contribution >= 4 is 23.5 Å². The number of benzene rings is 1. The Morgan fingerprint density at radius 2 is 1.97 bits per heavy atom. The second-order valence-corrected chi connectivity index (χ2v) is 9.21. The average molecular weight is 454 g/mol. The average Bonchev–Trinajstić information content (AvgIpc) is 3.59. The molecule has 5 aliphatic heterocycles. The van der Waals surface area contributed by atoms with Gasteiger partial charge in [-0.05, 0) is 31.9 Å². The lowest BCUT2D eigenvalue weighted by Gasteiger charge is -2.34. The Balaban J connectivity index is 1.20. The van der Waals surface area contributed by atoms with Crippen LogP contribution in [-0.2, 0) is 23.9 Å². The van der Waals surface area contributed by atoms with Crippen LogP contribution in [0.2, 0.25) is 0 Å². The lowest BCUT2D eigenvalue weighted by molar-refractivity contribution is -0.152. The van der Waals surface area contributed by atoms with Gasteiger partial charge in [-0.25, -0.2) is 0 Å². The van der Waals surface area contributed by atoms with Gasteiger partial charge in [-0.3, -0.25) is 14.4 Å². The minimum atomic E-state index is -0.790. The van der Waals surface area contributed by atoms with Crippen molar-refractivity contribution in [3.63, 3.8) is 0 Å². The van der Waals surface area contributed by atoms with Crippen molar-refractivity contribution in [2.75, 3.05) is 37.9 Å². The molecule has 6 rings (SSSR count). The van der Waals surface area contributed by atoms with Crippen LogP contribution in [-0.4, -0.2) is 67.4 Å². The van der Waals surface area contributed by atoms with Crippen molar-refractivity contribution < 1.29 is 33.3 Å². The van der Waals surface area contributed by atoms with Gasteiger partial charge < -0.3 is 28.7 Å². The van der Waals surface area contributed by atoms with Gasteiger partial charge in [0.15, 0.2) is 11.5 Å². The number of rotatable bonds is 4. The summed E-state index contributed by atoms with van der Waals surface area (Å²) in [6.45, 7) is 3.63. The first-order valence-electron chi connectivity index (χ1n) is 11.5. The van der Waals surface area contributed by atoms with Crippen LogP contribution in [0, 0.1) is 17.8 Å². The molecule has 174 valence electrons. The van der Waals surface area contributed by atoms with E-state index in [9.17, 15) is 14.4 Å². The SMILES string of the molecule is CCOC(=O)C1CCN(C(=O)[C@H]2[C@H]3C=C[C@@]4(CN(c5ccc6c(c5)OCO6)C(=O)[C@@H]24)O3)CC1. The van der Waals surface area contributed by atoms with Gasteiger partial charge >= 0.3 is 5.97 Å². The number of amides is 2. The molecule has 2 bridgehead atoms. The third-order valence-corrected chi connectivity index (χ3v) is 7.48. The molecule has 0 N–H and O–H groups in total. The first kappa shape index (κ1) is 20.5. The van der Waals surface area contributed by atoms with Gasteiger partial charge in [-0.2, -0.15) is 0 Å². The van der Waals surface area contributed by atoms with Gasteiger partial charge in [0.25, 0.3) is 0 Å². The van der Waals surface area contributed by atoms with Crippen LogP contribution in [0.25, 0.3) is 0 Å². The smallest absolute Gasteiger partial charge is 0.309 e. The molecule has 0 aliphatic carbocycles. The maximum absolute atomic E-state index is 13.6. The Bertz CT molecular complexity index is 1050. The first-order valence-corrected chi connectivity index (χ1v) is 11.5. The zero-order valence-electron chi connectivity index (χ0n) is 18.4. The number of fused-ring (bicyclic) bond motifs is 2. The summed E-state index contributed by atoms with van der Waals surface area (Å²) in [6, 6.07) is 5.42. The van der Waals surface area contributed by atoms with Crippen LogP contribution in [0.4, 0.5) is 5.69 Å². The molecule has 0 unspecified atom stereocenters. The van der Waals surface area contributed by atoms with E-state index in [1.54, 1.807) is 28.9 Å². The molecule has 1 aromatic rings. The molecule has 3 saturated heterocycles. The lowest BCUT2D eigenvalue weighted by Crippen LogP contribution is -2.49. The van der Waals surface area contributed by atoms with Crippen molar-refractivity contribution in [1.82, 2.24) is 4.90 Å². The quantitative estimate of drug-likeness (QED) is 0.503. The highest BCUT2D eigenvalue weighted by molar-refractivity contribution is 6.03. The second-order valence-electron chi connectivity index (χ2n) is 9.21. The van der Waals surface area contributed by atoms with Crippen LogP contribution in [0.1, 0.15) is 19.8 Å². The van der Waals surface area contributed by atoms with E-state index in [1.807, 2.05) is 18.2 Å². The molecule has 9 heteroatoms. The molecule has 1 spiro atoms. The Morgan fingerprint density at radius 3 is 2.76 bits per heavy atom. The largest absolute Gasteiger partial charge is 0.466 e. The summed E-state index contributed by atoms with van der Waals surface area (Å²) in [5.41, 5.74) is -0.0863. The fourth-order valence-electron chi connectivity index (χ4n) is 5.86. The fourth-order valence-corrected chi connectivity index (χ4v) is 5.86. The summed E-state index contributed by atoms with van der Waals surface area (Å²) in [5, 5.41) is 0. The number of likely N-dealkylation sites (tertiary alicyclic amines) is 1. The van der Waals surface area contributed by atoms with Crippen LogP contribution >= 0.6 is 0 Å². The van der Waals surface area contributed by atoms with Crippen LogP contribution in [0.3, 0.4) is 0 Å². The molecule has 1 aromatic carbocycles. The Kier molecular flexibility index (Phi) is 4.65. The highest BCUT2D eigenvalue weighted by Crippen LogP contribution is 2.53. The molecule has 5 aliphatic rings. The van der Waals surface area contributed by atoms with E-state index in [0.717, 1.165) is 0 Å². The van der Waals surface area contributed by atoms with Gasteiger partial charge in [-0.15, -0.1) is 0 Å². The second kappa shape index (κ2) is 7.48. The Hall–Kier alpha value is -3.07. The number of ether oxygens (including phenoxy) is 4. The number of piperidine rings is 1. The fraction of sp³-hybridized carbons (Fsp3) is 0.542. The maximum atomic E-state index is 13.6. The van der Waals surface area contributed by atoms with E-state index in [2.05, 4.69) is 0 Å². The third-order valence-electron chi connectivity index (χ3n) is 7.48. The summed E-state index contributed by atoms with van der Waals surface area (Å²) in [6.07, 6.45) is 4.62. The maximum Gasteiger partial charge on any atom is 0.309 e. The number of nitrogens with zero attached hydrogens (tertiary/aromatic N) is 2. The highest BCUT2D eigenvalue weighted by atomic mass is 16.7. The van der Waals surface area contributed by atoms with Crippen LogP contribution < -0.4 is 14.4 Å². The molecular formula is C24H26N2O7. The van der Waals surface area contributed by atoms with Crippen LogP contribution in [0.15, 0.2) is 30.4 Å². The summed E-state index contributed by atoms with van der Waals surface area (Å²) >= 11 is 0. The molecule has 33 heavy (non-hydrogen) atoms. The zero-order valence-corrected chi connectivity index (χ0v) is 18.4. The molecule has 5 heterocycles. The molecule has 0 aromatic heterocycles. The molecule has 0 saturated carbocycles. The molecule has 0 radical (unpaired) electrons. The third kappa shape index (κ3) is 3.05. The van der Waals surface area contributed by atoms with Crippen molar-refractivity contribution in [2.24, 2.45) is 17.8 Å². The normalized spacial score (nSPS) is 31.9. The molecule has 3 fully saturated rings. The Labute approximate surface area is 191 Å². The number of anilines is 1. The minimum Gasteiger partial charge on any atom is -0.466 e. The monoisotopic (exact) mass is 454 g/mol. The van der Waals surface area contributed by atoms with E-state index in [1.165, 1.54) is 0 Å². The Morgan fingerprint density at radius 1 is 1.18 bits per heavy atom. The predicted molar refractivity (Wildman–Crippen MR) is 115 cm³/mol. The van der Waals surface area contributed by atoms with Gasteiger partial charge in [0.1, 0.15) is 5.60 Å². The number of hydrogen-bond acceptors (Lipinski definition) is 7. The summed E-state index contributed by atoms with van der Waals surface area (Å²) < 4.78 is 22.2. The zero-order chi connectivity index (χ0) is 22.7.